The maximum atomic E-state index is 6.13. The Morgan fingerprint density at radius 3 is 2.72 bits per heavy atom. The lowest BCUT2D eigenvalue weighted by Crippen LogP contribution is -2.50. The molecule has 1 fully saturated rings. The van der Waals surface area contributed by atoms with Gasteiger partial charge in [-0.25, -0.2) is 0 Å². The van der Waals surface area contributed by atoms with Gasteiger partial charge in [0.05, 0.1) is 28.8 Å². The van der Waals surface area contributed by atoms with E-state index in [2.05, 4.69) is 24.3 Å². The molecule has 0 saturated carbocycles. The van der Waals surface area contributed by atoms with Crippen molar-refractivity contribution >= 4 is 23.2 Å². The molecule has 0 aromatic heterocycles. The highest BCUT2D eigenvalue weighted by atomic mass is 35.5. The van der Waals surface area contributed by atoms with Crippen LogP contribution in [-0.2, 0) is 10.3 Å². The summed E-state index contributed by atoms with van der Waals surface area (Å²) < 4.78 is 5.72. The number of halogens is 2. The number of nitrogens with one attached hydrogen (secondary N) is 1. The van der Waals surface area contributed by atoms with Crippen molar-refractivity contribution in [3.05, 3.63) is 33.8 Å². The van der Waals surface area contributed by atoms with Crippen LogP contribution in [0.5, 0.6) is 0 Å². The number of hydrogen-bond donors (Lipinski definition) is 1. The molecule has 5 heteroatoms. The van der Waals surface area contributed by atoms with E-state index in [1.807, 2.05) is 18.2 Å². The number of likely N-dealkylation sites (N-methyl/N-ethyl adjacent to an activating group) is 1. The first-order chi connectivity index (χ1) is 8.56. The van der Waals surface area contributed by atoms with Crippen molar-refractivity contribution in [2.45, 2.75) is 5.54 Å². The Kier molecular flexibility index (Phi) is 4.51. The van der Waals surface area contributed by atoms with E-state index in [1.165, 1.54) is 0 Å². The average molecular weight is 289 g/mol. The van der Waals surface area contributed by atoms with Gasteiger partial charge in [-0.15, -0.1) is 0 Å². The molecule has 0 amide bonds. The number of ether oxygens (including phenoxy) is 1. The van der Waals surface area contributed by atoms with E-state index >= 15 is 0 Å². The highest BCUT2D eigenvalue weighted by Crippen LogP contribution is 2.32. The summed E-state index contributed by atoms with van der Waals surface area (Å²) in [7, 11) is 4.11. The van der Waals surface area contributed by atoms with Crippen molar-refractivity contribution in [2.24, 2.45) is 0 Å². The van der Waals surface area contributed by atoms with Crippen LogP contribution in [0.25, 0.3) is 0 Å². The summed E-state index contributed by atoms with van der Waals surface area (Å²) in [5.41, 5.74) is 0.918. The van der Waals surface area contributed by atoms with Crippen molar-refractivity contribution in [3.63, 3.8) is 0 Å². The zero-order chi connectivity index (χ0) is 13.2. The number of nitrogens with zero attached hydrogens (tertiary/aromatic N) is 1. The van der Waals surface area contributed by atoms with Crippen LogP contribution >= 0.6 is 23.2 Å². The number of rotatable bonds is 2. The molecular formula is C13H18Cl2N2O. The van der Waals surface area contributed by atoms with Crippen LogP contribution in [0.1, 0.15) is 5.56 Å². The molecule has 2 rings (SSSR count). The lowest BCUT2D eigenvalue weighted by molar-refractivity contribution is 0.0353. The van der Waals surface area contributed by atoms with Gasteiger partial charge in [-0.2, -0.15) is 0 Å². The SMILES string of the molecule is CN(C)C1(c2ccc(Cl)c(Cl)c2)CNCCOC1. The number of benzene rings is 1. The second kappa shape index (κ2) is 5.76. The molecular weight excluding hydrogens is 271 g/mol. The average Bonchev–Trinajstić information content (AvgIpc) is 2.59. The van der Waals surface area contributed by atoms with Crippen LogP contribution in [0, 0.1) is 0 Å². The van der Waals surface area contributed by atoms with Crippen molar-refractivity contribution in [3.8, 4) is 0 Å². The molecule has 1 aliphatic rings. The molecule has 1 unspecified atom stereocenters. The van der Waals surface area contributed by atoms with Crippen molar-refractivity contribution in [2.75, 3.05) is 40.4 Å². The first kappa shape index (κ1) is 14.1. The van der Waals surface area contributed by atoms with Gasteiger partial charge >= 0.3 is 0 Å². The molecule has 1 atom stereocenters. The Balaban J connectivity index is 2.42. The maximum absolute atomic E-state index is 6.13. The fourth-order valence-electron chi connectivity index (χ4n) is 2.25. The van der Waals surface area contributed by atoms with E-state index in [9.17, 15) is 0 Å². The Hall–Kier alpha value is -0.320. The lowest BCUT2D eigenvalue weighted by atomic mass is 9.89. The van der Waals surface area contributed by atoms with Crippen LogP contribution in [0.2, 0.25) is 10.0 Å². The summed E-state index contributed by atoms with van der Waals surface area (Å²) in [5, 5.41) is 4.57. The quantitative estimate of drug-likeness (QED) is 0.904. The Morgan fingerprint density at radius 1 is 1.28 bits per heavy atom. The fourth-order valence-corrected chi connectivity index (χ4v) is 2.55. The van der Waals surface area contributed by atoms with Gasteiger partial charge in [-0.1, -0.05) is 29.3 Å². The third-order valence-corrected chi connectivity index (χ3v) is 4.23. The minimum absolute atomic E-state index is 0.204. The van der Waals surface area contributed by atoms with Gasteiger partial charge in [0.15, 0.2) is 0 Å². The first-order valence-corrected chi connectivity index (χ1v) is 6.73. The first-order valence-electron chi connectivity index (χ1n) is 5.98. The molecule has 1 aromatic rings. The van der Waals surface area contributed by atoms with Crippen molar-refractivity contribution < 1.29 is 4.74 Å². The molecule has 18 heavy (non-hydrogen) atoms. The van der Waals surface area contributed by atoms with E-state index in [0.717, 1.165) is 25.3 Å². The molecule has 0 aliphatic carbocycles. The molecule has 100 valence electrons. The highest BCUT2D eigenvalue weighted by Gasteiger charge is 2.36. The Bertz CT molecular complexity index is 415. The van der Waals surface area contributed by atoms with E-state index in [4.69, 9.17) is 27.9 Å². The monoisotopic (exact) mass is 288 g/mol. The zero-order valence-electron chi connectivity index (χ0n) is 10.7. The van der Waals surface area contributed by atoms with E-state index < -0.39 is 0 Å². The van der Waals surface area contributed by atoms with Crippen LogP contribution in [-0.4, -0.2) is 45.3 Å². The number of hydrogen-bond acceptors (Lipinski definition) is 3. The van der Waals surface area contributed by atoms with Gasteiger partial charge in [0, 0.05) is 13.1 Å². The lowest BCUT2D eigenvalue weighted by Gasteiger charge is -2.39. The molecule has 1 N–H and O–H groups in total. The van der Waals surface area contributed by atoms with Gasteiger partial charge in [-0.05, 0) is 31.8 Å². The smallest absolute Gasteiger partial charge is 0.0818 e. The third-order valence-electron chi connectivity index (χ3n) is 3.49. The van der Waals surface area contributed by atoms with Crippen LogP contribution < -0.4 is 5.32 Å². The molecule has 1 aromatic carbocycles. The Labute approximate surface area is 118 Å². The molecule has 1 saturated heterocycles. The normalized spacial score (nSPS) is 25.2. The van der Waals surface area contributed by atoms with E-state index in [1.54, 1.807) is 0 Å². The third kappa shape index (κ3) is 2.65. The molecule has 0 spiro atoms. The second-order valence-electron chi connectivity index (χ2n) is 4.78. The van der Waals surface area contributed by atoms with Gasteiger partial charge in [0.25, 0.3) is 0 Å². The minimum atomic E-state index is -0.204. The van der Waals surface area contributed by atoms with E-state index in [0.29, 0.717) is 16.7 Å². The molecule has 0 radical (unpaired) electrons. The molecule has 0 bridgehead atoms. The summed E-state index contributed by atoms with van der Waals surface area (Å²) in [4.78, 5) is 2.17. The molecule has 1 heterocycles. The van der Waals surface area contributed by atoms with Gasteiger partial charge in [-0.3, -0.25) is 4.90 Å². The van der Waals surface area contributed by atoms with Gasteiger partial charge in [0.1, 0.15) is 0 Å². The topological polar surface area (TPSA) is 24.5 Å². The second-order valence-corrected chi connectivity index (χ2v) is 5.60. The summed E-state index contributed by atoms with van der Waals surface area (Å²) in [6, 6.07) is 5.79. The van der Waals surface area contributed by atoms with Gasteiger partial charge < -0.3 is 10.1 Å². The fraction of sp³-hybridized carbons (Fsp3) is 0.538. The van der Waals surface area contributed by atoms with Gasteiger partial charge in [0.2, 0.25) is 0 Å². The van der Waals surface area contributed by atoms with Crippen LogP contribution in [0.15, 0.2) is 18.2 Å². The summed E-state index contributed by atoms with van der Waals surface area (Å²) in [6.07, 6.45) is 0. The Morgan fingerprint density at radius 2 is 2.06 bits per heavy atom. The standard InChI is InChI=1S/C13H18Cl2N2O/c1-17(2)13(8-16-5-6-18-9-13)10-3-4-11(14)12(15)7-10/h3-4,7,16H,5-6,8-9H2,1-2H3. The zero-order valence-corrected chi connectivity index (χ0v) is 12.2. The maximum Gasteiger partial charge on any atom is 0.0818 e. The van der Waals surface area contributed by atoms with Crippen LogP contribution in [0.4, 0.5) is 0 Å². The summed E-state index contributed by atoms with van der Waals surface area (Å²) >= 11 is 12.1. The molecule has 1 aliphatic heterocycles. The predicted octanol–water partition coefficient (Wildman–Crippen LogP) is 2.37. The highest BCUT2D eigenvalue weighted by molar-refractivity contribution is 6.42. The predicted molar refractivity (Wildman–Crippen MR) is 75.5 cm³/mol. The summed E-state index contributed by atoms with van der Waals surface area (Å²) in [6.45, 7) is 3.08. The summed E-state index contributed by atoms with van der Waals surface area (Å²) in [5.74, 6) is 0. The molecule has 3 nitrogen and oxygen atoms in total. The largest absolute Gasteiger partial charge is 0.378 e. The van der Waals surface area contributed by atoms with Crippen LogP contribution in [0.3, 0.4) is 0 Å². The minimum Gasteiger partial charge on any atom is -0.378 e. The van der Waals surface area contributed by atoms with E-state index in [-0.39, 0.29) is 5.54 Å². The van der Waals surface area contributed by atoms with Crippen molar-refractivity contribution in [1.29, 1.82) is 0 Å². The van der Waals surface area contributed by atoms with Crippen molar-refractivity contribution in [1.82, 2.24) is 10.2 Å².